The summed E-state index contributed by atoms with van der Waals surface area (Å²) >= 11 is 0. The predicted octanol–water partition coefficient (Wildman–Crippen LogP) is 2.71. The zero-order valence-electron chi connectivity index (χ0n) is 14.3. The van der Waals surface area contributed by atoms with Crippen LogP contribution in [0.4, 0.5) is 4.79 Å². The number of carbonyl (C=O) groups excluding carboxylic acids is 2. The van der Waals surface area contributed by atoms with E-state index in [2.05, 4.69) is 10.3 Å². The highest BCUT2D eigenvalue weighted by molar-refractivity contribution is 6.14. The molecule has 0 spiro atoms. The summed E-state index contributed by atoms with van der Waals surface area (Å²) in [6, 6.07) is 5.58. The van der Waals surface area contributed by atoms with Gasteiger partial charge in [0, 0.05) is 24.1 Å². The molecule has 1 aliphatic heterocycles. The van der Waals surface area contributed by atoms with Crippen LogP contribution < -0.4 is 5.32 Å². The van der Waals surface area contributed by atoms with E-state index in [9.17, 15) is 9.59 Å². The molecule has 0 atom stereocenters. The third-order valence-electron chi connectivity index (χ3n) is 4.18. The summed E-state index contributed by atoms with van der Waals surface area (Å²) in [5.74, 6) is 0.549. The second kappa shape index (κ2) is 5.96. The van der Waals surface area contributed by atoms with E-state index in [4.69, 9.17) is 0 Å². The fraction of sp³-hybridized carbons (Fsp3) is 0.278. The van der Waals surface area contributed by atoms with E-state index in [1.54, 1.807) is 19.2 Å². The minimum atomic E-state index is -0.372. The molecule has 0 aliphatic carbocycles. The summed E-state index contributed by atoms with van der Waals surface area (Å²) in [6.45, 7) is 8.12. The molecule has 0 saturated carbocycles. The number of amides is 3. The average Bonchev–Trinajstić information content (AvgIpc) is 2.95. The van der Waals surface area contributed by atoms with Gasteiger partial charge in [-0.15, -0.1) is 0 Å². The summed E-state index contributed by atoms with van der Waals surface area (Å²) in [4.78, 5) is 29.6. The standard InChI is InChI=1S/C18H20N4O2/c1-5-21-17(23)15(20-18(21)24)10-14-9-12(3)22(13(14)4)16-8-11(2)6-7-19-16/h6-10H,5H2,1-4H3,(H,20,24)/b15-10+. The normalized spacial score (nSPS) is 16.2. The van der Waals surface area contributed by atoms with E-state index < -0.39 is 0 Å². The van der Waals surface area contributed by atoms with E-state index in [0.717, 1.165) is 28.3 Å². The SMILES string of the molecule is CCN1C(=O)N/C(=C/c2cc(C)n(-c3cc(C)ccn3)c2C)C1=O. The Morgan fingerprint density at radius 2 is 1.96 bits per heavy atom. The Kier molecular flexibility index (Phi) is 3.97. The van der Waals surface area contributed by atoms with E-state index in [-0.39, 0.29) is 11.9 Å². The highest BCUT2D eigenvalue weighted by atomic mass is 16.2. The second-order valence-electron chi connectivity index (χ2n) is 5.89. The number of nitrogens with one attached hydrogen (secondary N) is 1. The van der Waals surface area contributed by atoms with Gasteiger partial charge in [-0.3, -0.25) is 9.69 Å². The lowest BCUT2D eigenvalue weighted by Crippen LogP contribution is -2.30. The molecular weight excluding hydrogens is 304 g/mol. The first kappa shape index (κ1) is 16.0. The monoisotopic (exact) mass is 324 g/mol. The van der Waals surface area contributed by atoms with Crippen LogP contribution >= 0.6 is 0 Å². The lowest BCUT2D eigenvalue weighted by Gasteiger charge is -2.09. The summed E-state index contributed by atoms with van der Waals surface area (Å²) in [5, 5.41) is 2.63. The van der Waals surface area contributed by atoms with Gasteiger partial charge in [-0.05, 0) is 63.1 Å². The van der Waals surface area contributed by atoms with Crippen molar-refractivity contribution in [1.82, 2.24) is 19.8 Å². The number of likely N-dealkylation sites (N-methyl/N-ethyl adjacent to an activating group) is 1. The molecule has 0 bridgehead atoms. The third-order valence-corrected chi connectivity index (χ3v) is 4.18. The van der Waals surface area contributed by atoms with Gasteiger partial charge in [-0.1, -0.05) is 0 Å². The molecule has 6 heteroatoms. The molecule has 3 rings (SSSR count). The third kappa shape index (κ3) is 2.60. The first-order valence-electron chi connectivity index (χ1n) is 7.89. The lowest BCUT2D eigenvalue weighted by molar-refractivity contribution is -0.122. The molecule has 0 unspecified atom stereocenters. The van der Waals surface area contributed by atoms with E-state index in [1.807, 2.05) is 43.5 Å². The molecule has 0 radical (unpaired) electrons. The van der Waals surface area contributed by atoms with Gasteiger partial charge in [-0.2, -0.15) is 0 Å². The van der Waals surface area contributed by atoms with Gasteiger partial charge in [0.15, 0.2) is 0 Å². The zero-order chi connectivity index (χ0) is 17.4. The minimum Gasteiger partial charge on any atom is -0.303 e. The summed E-state index contributed by atoms with van der Waals surface area (Å²) < 4.78 is 2.04. The number of aryl methyl sites for hydroxylation is 2. The number of imide groups is 1. The summed E-state index contributed by atoms with van der Waals surface area (Å²) in [6.07, 6.45) is 3.51. The molecule has 3 amide bonds. The molecule has 6 nitrogen and oxygen atoms in total. The number of hydrogen-bond donors (Lipinski definition) is 1. The van der Waals surface area contributed by atoms with Crippen molar-refractivity contribution in [1.29, 1.82) is 0 Å². The van der Waals surface area contributed by atoms with Crippen LogP contribution in [0.5, 0.6) is 0 Å². The van der Waals surface area contributed by atoms with Gasteiger partial charge in [0.25, 0.3) is 5.91 Å². The fourth-order valence-corrected chi connectivity index (χ4v) is 2.94. The van der Waals surface area contributed by atoms with E-state index >= 15 is 0 Å². The van der Waals surface area contributed by atoms with Gasteiger partial charge in [0.1, 0.15) is 11.5 Å². The van der Waals surface area contributed by atoms with Crippen LogP contribution in [-0.4, -0.2) is 32.9 Å². The highest BCUT2D eigenvalue weighted by Gasteiger charge is 2.32. The van der Waals surface area contributed by atoms with Crippen molar-refractivity contribution >= 4 is 18.0 Å². The van der Waals surface area contributed by atoms with Crippen molar-refractivity contribution in [2.45, 2.75) is 27.7 Å². The number of hydrogen-bond acceptors (Lipinski definition) is 3. The van der Waals surface area contributed by atoms with Crippen molar-refractivity contribution in [2.75, 3.05) is 6.54 Å². The quantitative estimate of drug-likeness (QED) is 0.697. The van der Waals surface area contributed by atoms with E-state index in [1.165, 1.54) is 4.90 Å². The van der Waals surface area contributed by atoms with Crippen LogP contribution in [-0.2, 0) is 4.79 Å². The van der Waals surface area contributed by atoms with Crippen molar-refractivity contribution in [3.63, 3.8) is 0 Å². The molecule has 3 heterocycles. The smallest absolute Gasteiger partial charge is 0.303 e. The molecule has 1 N–H and O–H groups in total. The van der Waals surface area contributed by atoms with Crippen molar-refractivity contribution < 1.29 is 9.59 Å². The number of nitrogens with zero attached hydrogens (tertiary/aromatic N) is 3. The van der Waals surface area contributed by atoms with Gasteiger partial charge < -0.3 is 9.88 Å². The Morgan fingerprint density at radius 1 is 1.21 bits per heavy atom. The van der Waals surface area contributed by atoms with E-state index in [0.29, 0.717) is 12.2 Å². The number of carbonyl (C=O) groups is 2. The highest BCUT2D eigenvalue weighted by Crippen LogP contribution is 2.23. The molecule has 124 valence electrons. The predicted molar refractivity (Wildman–Crippen MR) is 91.7 cm³/mol. The molecule has 1 fully saturated rings. The summed E-state index contributed by atoms with van der Waals surface area (Å²) in [7, 11) is 0. The van der Waals surface area contributed by atoms with Gasteiger partial charge >= 0.3 is 6.03 Å². The first-order valence-corrected chi connectivity index (χ1v) is 7.89. The average molecular weight is 324 g/mol. The molecule has 0 aromatic carbocycles. The molecule has 2 aromatic rings. The van der Waals surface area contributed by atoms with Gasteiger partial charge in [0.05, 0.1) is 0 Å². The Morgan fingerprint density at radius 3 is 2.58 bits per heavy atom. The fourth-order valence-electron chi connectivity index (χ4n) is 2.94. The van der Waals surface area contributed by atoms with Gasteiger partial charge in [0.2, 0.25) is 0 Å². The number of pyridine rings is 1. The lowest BCUT2D eigenvalue weighted by atomic mass is 10.2. The molecular formula is C18H20N4O2. The summed E-state index contributed by atoms with van der Waals surface area (Å²) in [5.41, 5.74) is 4.30. The number of urea groups is 1. The first-order chi connectivity index (χ1) is 11.4. The molecule has 24 heavy (non-hydrogen) atoms. The Hall–Kier alpha value is -2.89. The van der Waals surface area contributed by atoms with Gasteiger partial charge in [-0.25, -0.2) is 9.78 Å². The molecule has 1 saturated heterocycles. The van der Waals surface area contributed by atoms with Crippen LogP contribution in [0.2, 0.25) is 0 Å². The number of aromatic nitrogens is 2. The Labute approximate surface area is 140 Å². The maximum atomic E-state index is 12.2. The van der Waals surface area contributed by atoms with Crippen LogP contribution in [0.1, 0.15) is 29.4 Å². The van der Waals surface area contributed by atoms with Crippen molar-refractivity contribution in [2.24, 2.45) is 0 Å². The topological polar surface area (TPSA) is 67.2 Å². The van der Waals surface area contributed by atoms with Crippen LogP contribution in [0.25, 0.3) is 11.9 Å². The van der Waals surface area contributed by atoms with Crippen LogP contribution in [0, 0.1) is 20.8 Å². The van der Waals surface area contributed by atoms with Crippen LogP contribution in [0.15, 0.2) is 30.1 Å². The molecule has 2 aromatic heterocycles. The zero-order valence-corrected chi connectivity index (χ0v) is 14.3. The van der Waals surface area contributed by atoms with Crippen molar-refractivity contribution in [3.05, 3.63) is 52.6 Å². The second-order valence-corrected chi connectivity index (χ2v) is 5.89. The van der Waals surface area contributed by atoms with Crippen molar-refractivity contribution in [3.8, 4) is 5.82 Å². The van der Waals surface area contributed by atoms with Crippen LogP contribution in [0.3, 0.4) is 0 Å². The Balaban J connectivity index is 2.03. The molecule has 1 aliphatic rings. The minimum absolute atomic E-state index is 0.291. The maximum absolute atomic E-state index is 12.2. The maximum Gasteiger partial charge on any atom is 0.328 e. The Bertz CT molecular complexity index is 864. The largest absolute Gasteiger partial charge is 0.328 e. The number of rotatable bonds is 3.